The summed E-state index contributed by atoms with van der Waals surface area (Å²) < 4.78 is 23.4. The number of nitrogens with zero attached hydrogens (tertiary/aromatic N) is 1. The number of hydrogen-bond acceptors (Lipinski definition) is 4. The van der Waals surface area contributed by atoms with Gasteiger partial charge >= 0.3 is 0 Å². The van der Waals surface area contributed by atoms with Gasteiger partial charge in [0, 0.05) is 5.56 Å². The second-order valence-electron chi connectivity index (χ2n) is 3.35. The number of nitrogens with two attached hydrogens (primary N) is 1. The van der Waals surface area contributed by atoms with Crippen LogP contribution >= 0.6 is 0 Å². The monoisotopic (exact) mass is 222 g/mol. The van der Waals surface area contributed by atoms with Crippen LogP contribution in [-0.2, 0) is 0 Å². The van der Waals surface area contributed by atoms with Crippen LogP contribution in [0.2, 0.25) is 0 Å². The summed E-state index contributed by atoms with van der Waals surface area (Å²) in [4.78, 5) is 0. The average molecular weight is 222 g/mol. The van der Waals surface area contributed by atoms with Gasteiger partial charge in [-0.1, -0.05) is 5.16 Å². The molecule has 1 heterocycles. The van der Waals surface area contributed by atoms with Crippen molar-refractivity contribution >= 4 is 5.88 Å². The Bertz CT molecular complexity index is 523. The third-order valence-electron chi connectivity index (χ3n) is 2.45. The molecule has 0 unspecified atom stereocenters. The highest BCUT2D eigenvalue weighted by Crippen LogP contribution is 2.37. The fourth-order valence-electron chi connectivity index (χ4n) is 1.60. The molecule has 0 amide bonds. The molecule has 0 atom stereocenters. The molecule has 0 aliphatic rings. The van der Waals surface area contributed by atoms with Crippen molar-refractivity contribution in [2.24, 2.45) is 0 Å². The van der Waals surface area contributed by atoms with Gasteiger partial charge in [-0.25, -0.2) is 4.39 Å². The molecule has 0 aliphatic heterocycles. The van der Waals surface area contributed by atoms with Gasteiger partial charge in [-0.2, -0.15) is 0 Å². The summed E-state index contributed by atoms with van der Waals surface area (Å²) in [7, 11) is 1.51. The molecule has 2 aromatic rings. The quantitative estimate of drug-likeness (QED) is 0.847. The van der Waals surface area contributed by atoms with Crippen molar-refractivity contribution in [1.82, 2.24) is 5.16 Å². The van der Waals surface area contributed by atoms with Crippen molar-refractivity contribution in [3.8, 4) is 16.9 Å². The number of ether oxygens (including phenoxy) is 1. The first-order valence-electron chi connectivity index (χ1n) is 4.68. The van der Waals surface area contributed by atoms with E-state index in [1.54, 1.807) is 13.0 Å². The fraction of sp³-hybridized carbons (Fsp3) is 0.182. The van der Waals surface area contributed by atoms with E-state index in [4.69, 9.17) is 15.0 Å². The Balaban J connectivity index is 2.72. The summed E-state index contributed by atoms with van der Waals surface area (Å²) in [6.45, 7) is 1.65. The van der Waals surface area contributed by atoms with Gasteiger partial charge in [0.2, 0.25) is 5.88 Å². The van der Waals surface area contributed by atoms with Crippen molar-refractivity contribution in [2.75, 3.05) is 12.8 Å². The third-order valence-corrected chi connectivity index (χ3v) is 2.45. The molecule has 4 nitrogen and oxygen atoms in total. The molecule has 0 radical (unpaired) electrons. The van der Waals surface area contributed by atoms with Gasteiger partial charge in [-0.05, 0) is 24.6 Å². The van der Waals surface area contributed by atoms with E-state index in [-0.39, 0.29) is 11.7 Å². The number of methoxy groups -OCH3 is 1. The second kappa shape index (κ2) is 3.84. The summed E-state index contributed by atoms with van der Waals surface area (Å²) in [6.07, 6.45) is 1.44. The highest BCUT2D eigenvalue weighted by Gasteiger charge is 2.17. The zero-order valence-electron chi connectivity index (χ0n) is 8.95. The molecule has 0 fully saturated rings. The second-order valence-corrected chi connectivity index (χ2v) is 3.35. The maximum Gasteiger partial charge on any atom is 0.230 e. The summed E-state index contributed by atoms with van der Waals surface area (Å²) >= 11 is 0. The van der Waals surface area contributed by atoms with Crippen LogP contribution in [0, 0.1) is 12.7 Å². The van der Waals surface area contributed by atoms with E-state index in [1.165, 1.54) is 19.4 Å². The lowest BCUT2D eigenvalue weighted by Gasteiger charge is -2.10. The van der Waals surface area contributed by atoms with Gasteiger partial charge in [-0.15, -0.1) is 0 Å². The minimum Gasteiger partial charge on any atom is -0.496 e. The normalized spacial score (nSPS) is 10.4. The molecule has 84 valence electrons. The van der Waals surface area contributed by atoms with Gasteiger partial charge in [0.1, 0.15) is 11.6 Å². The van der Waals surface area contributed by atoms with Crippen LogP contribution < -0.4 is 10.5 Å². The summed E-state index contributed by atoms with van der Waals surface area (Å²) in [5, 5.41) is 3.57. The van der Waals surface area contributed by atoms with E-state index >= 15 is 0 Å². The number of aromatic nitrogens is 1. The van der Waals surface area contributed by atoms with E-state index in [9.17, 15) is 4.39 Å². The fourth-order valence-corrected chi connectivity index (χ4v) is 1.60. The minimum absolute atomic E-state index is 0.145. The SMILES string of the molecule is COc1ccc(F)c(C)c1-c1cnoc1N. The van der Waals surface area contributed by atoms with Gasteiger partial charge in [0.15, 0.2) is 0 Å². The van der Waals surface area contributed by atoms with E-state index in [1.807, 2.05) is 0 Å². The first-order chi connectivity index (χ1) is 7.65. The lowest BCUT2D eigenvalue weighted by atomic mass is 10.0. The molecule has 2 N–H and O–H groups in total. The molecule has 16 heavy (non-hydrogen) atoms. The van der Waals surface area contributed by atoms with Gasteiger partial charge < -0.3 is 15.0 Å². The molecule has 5 heteroatoms. The molecule has 0 saturated heterocycles. The van der Waals surface area contributed by atoms with Crippen LogP contribution in [0.5, 0.6) is 5.75 Å². The van der Waals surface area contributed by atoms with Crippen LogP contribution in [0.1, 0.15) is 5.56 Å². The van der Waals surface area contributed by atoms with Crippen molar-refractivity contribution in [3.63, 3.8) is 0 Å². The molecule has 1 aromatic carbocycles. The number of nitrogen functional groups attached to an aromatic ring is 1. The predicted octanol–water partition coefficient (Wildman–Crippen LogP) is 2.38. The van der Waals surface area contributed by atoms with Gasteiger partial charge in [0.05, 0.1) is 18.9 Å². The Hall–Kier alpha value is -2.04. The van der Waals surface area contributed by atoms with E-state index in [2.05, 4.69) is 5.16 Å². The van der Waals surface area contributed by atoms with Crippen molar-refractivity contribution in [3.05, 3.63) is 29.7 Å². The molecule has 0 spiro atoms. The Morgan fingerprint density at radius 2 is 2.19 bits per heavy atom. The molecular weight excluding hydrogens is 211 g/mol. The zero-order chi connectivity index (χ0) is 11.7. The molecule has 0 saturated carbocycles. The number of hydrogen-bond donors (Lipinski definition) is 1. The van der Waals surface area contributed by atoms with Crippen LogP contribution in [0.4, 0.5) is 10.3 Å². The summed E-state index contributed by atoms with van der Waals surface area (Å²) in [5.74, 6) is 0.359. The Morgan fingerprint density at radius 3 is 2.75 bits per heavy atom. The maximum atomic E-state index is 13.5. The lowest BCUT2D eigenvalue weighted by Crippen LogP contribution is -1.95. The first-order valence-corrected chi connectivity index (χ1v) is 4.68. The highest BCUT2D eigenvalue weighted by molar-refractivity contribution is 5.79. The topological polar surface area (TPSA) is 61.3 Å². The zero-order valence-corrected chi connectivity index (χ0v) is 8.95. The Morgan fingerprint density at radius 1 is 1.44 bits per heavy atom. The van der Waals surface area contributed by atoms with Crippen LogP contribution in [0.3, 0.4) is 0 Å². The lowest BCUT2D eigenvalue weighted by molar-refractivity contribution is 0.414. The minimum atomic E-state index is -0.323. The maximum absolute atomic E-state index is 13.5. The number of rotatable bonds is 2. The Labute approximate surface area is 91.8 Å². The smallest absolute Gasteiger partial charge is 0.230 e. The van der Waals surface area contributed by atoms with E-state index < -0.39 is 0 Å². The average Bonchev–Trinajstić information content (AvgIpc) is 2.68. The van der Waals surface area contributed by atoms with Crippen molar-refractivity contribution in [1.29, 1.82) is 0 Å². The molecule has 0 bridgehead atoms. The number of anilines is 1. The molecular formula is C11H11FN2O2. The van der Waals surface area contributed by atoms with Crippen LogP contribution in [-0.4, -0.2) is 12.3 Å². The van der Waals surface area contributed by atoms with E-state index in [0.717, 1.165) is 0 Å². The van der Waals surface area contributed by atoms with E-state index in [0.29, 0.717) is 22.4 Å². The third kappa shape index (κ3) is 1.50. The van der Waals surface area contributed by atoms with Crippen LogP contribution in [0.15, 0.2) is 22.9 Å². The van der Waals surface area contributed by atoms with Crippen molar-refractivity contribution in [2.45, 2.75) is 6.92 Å². The largest absolute Gasteiger partial charge is 0.496 e. The van der Waals surface area contributed by atoms with Crippen molar-refractivity contribution < 1.29 is 13.7 Å². The summed E-state index contributed by atoms with van der Waals surface area (Å²) in [6, 6.07) is 2.89. The summed E-state index contributed by atoms with van der Waals surface area (Å²) in [5.41, 5.74) is 7.17. The van der Waals surface area contributed by atoms with Crippen LogP contribution in [0.25, 0.3) is 11.1 Å². The number of halogens is 1. The number of benzene rings is 1. The molecule has 1 aromatic heterocycles. The standard InChI is InChI=1S/C11H11FN2O2/c1-6-8(12)3-4-9(15-2)10(6)7-5-14-16-11(7)13/h3-5H,13H2,1-2H3. The van der Waals surface area contributed by atoms with Gasteiger partial charge in [0.25, 0.3) is 0 Å². The molecule has 0 aliphatic carbocycles. The predicted molar refractivity (Wildman–Crippen MR) is 57.6 cm³/mol. The van der Waals surface area contributed by atoms with Gasteiger partial charge in [-0.3, -0.25) is 0 Å². The highest BCUT2D eigenvalue weighted by atomic mass is 19.1. The molecule has 2 rings (SSSR count). The Kier molecular flexibility index (Phi) is 2.52. The first kappa shape index (κ1) is 10.5.